The lowest BCUT2D eigenvalue weighted by Crippen LogP contribution is -2.12. The first kappa shape index (κ1) is 19.8. The zero-order valence-corrected chi connectivity index (χ0v) is 16.4. The van der Waals surface area contributed by atoms with Gasteiger partial charge in [-0.15, -0.1) is 0 Å². The van der Waals surface area contributed by atoms with E-state index in [1.807, 2.05) is 61.5 Å². The van der Waals surface area contributed by atoms with Gasteiger partial charge in [-0.05, 0) is 36.1 Å². The molecule has 0 amide bonds. The summed E-state index contributed by atoms with van der Waals surface area (Å²) in [4.78, 5) is 0. The van der Waals surface area contributed by atoms with Crippen molar-refractivity contribution in [1.82, 2.24) is 0 Å². The van der Waals surface area contributed by atoms with Crippen LogP contribution in [0, 0.1) is 0 Å². The lowest BCUT2D eigenvalue weighted by atomic mass is 10.1. The Morgan fingerprint density at radius 3 is 2.29 bits per heavy atom. The molecule has 0 aliphatic rings. The van der Waals surface area contributed by atoms with Crippen LogP contribution in [0.2, 0.25) is 0 Å². The van der Waals surface area contributed by atoms with Crippen LogP contribution >= 0.6 is 0 Å². The number of ether oxygens (including phenoxy) is 4. The highest BCUT2D eigenvalue weighted by molar-refractivity contribution is 5.88. The third kappa shape index (κ3) is 5.27. The average Bonchev–Trinajstić information content (AvgIpc) is 2.74. The zero-order chi connectivity index (χ0) is 19.6. The van der Waals surface area contributed by atoms with E-state index >= 15 is 0 Å². The van der Waals surface area contributed by atoms with Gasteiger partial charge in [0, 0.05) is 5.39 Å². The second-order valence-corrected chi connectivity index (χ2v) is 6.20. The number of fused-ring (bicyclic) bond motifs is 1. The fraction of sp³-hybridized carbons (Fsp3) is 0.250. The third-order valence-corrected chi connectivity index (χ3v) is 4.27. The highest BCUT2D eigenvalue weighted by atomic mass is 16.6. The maximum atomic E-state index is 5.86. The van der Waals surface area contributed by atoms with Gasteiger partial charge in [0.05, 0.1) is 20.3 Å². The minimum Gasteiger partial charge on any atom is -0.493 e. The normalized spacial score (nSPS) is 11.1. The predicted molar refractivity (Wildman–Crippen MR) is 113 cm³/mol. The van der Waals surface area contributed by atoms with Crippen molar-refractivity contribution in [2.24, 2.45) is 0 Å². The molecular weight excluding hydrogens is 352 g/mol. The SMILES string of the molecule is CC=Cc1ccc(OCCOCCOc2cccc3ccccc23)c(OC)c1. The second kappa shape index (κ2) is 10.4. The first-order valence-corrected chi connectivity index (χ1v) is 9.43. The highest BCUT2D eigenvalue weighted by Crippen LogP contribution is 2.28. The van der Waals surface area contributed by atoms with Crippen molar-refractivity contribution in [2.45, 2.75) is 6.92 Å². The summed E-state index contributed by atoms with van der Waals surface area (Å²) in [5.74, 6) is 2.31. The molecule has 3 aromatic rings. The number of hydrogen-bond donors (Lipinski definition) is 0. The van der Waals surface area contributed by atoms with Gasteiger partial charge in [-0.25, -0.2) is 0 Å². The number of hydrogen-bond acceptors (Lipinski definition) is 4. The van der Waals surface area contributed by atoms with Crippen molar-refractivity contribution in [3.05, 3.63) is 72.3 Å². The molecule has 0 aromatic heterocycles. The van der Waals surface area contributed by atoms with Crippen molar-refractivity contribution in [2.75, 3.05) is 33.5 Å². The van der Waals surface area contributed by atoms with E-state index in [0.29, 0.717) is 32.2 Å². The number of benzene rings is 3. The van der Waals surface area contributed by atoms with E-state index in [1.165, 1.54) is 5.39 Å². The van der Waals surface area contributed by atoms with E-state index in [-0.39, 0.29) is 0 Å². The molecule has 0 saturated carbocycles. The van der Waals surface area contributed by atoms with Crippen LogP contribution in [0.1, 0.15) is 12.5 Å². The maximum Gasteiger partial charge on any atom is 0.161 e. The summed E-state index contributed by atoms with van der Waals surface area (Å²) in [5.41, 5.74) is 1.08. The Morgan fingerprint density at radius 1 is 0.750 bits per heavy atom. The van der Waals surface area contributed by atoms with E-state index in [0.717, 1.165) is 22.4 Å². The predicted octanol–water partition coefficient (Wildman–Crippen LogP) is 5.36. The van der Waals surface area contributed by atoms with Gasteiger partial charge in [0.2, 0.25) is 0 Å². The first-order valence-electron chi connectivity index (χ1n) is 9.43. The fourth-order valence-electron chi connectivity index (χ4n) is 2.94. The van der Waals surface area contributed by atoms with E-state index in [1.54, 1.807) is 7.11 Å². The Kier molecular flexibility index (Phi) is 7.33. The zero-order valence-electron chi connectivity index (χ0n) is 16.4. The summed E-state index contributed by atoms with van der Waals surface area (Å²) < 4.78 is 22.6. The number of methoxy groups -OCH3 is 1. The van der Waals surface area contributed by atoms with Crippen LogP contribution in [0.4, 0.5) is 0 Å². The molecule has 146 valence electrons. The van der Waals surface area contributed by atoms with Gasteiger partial charge in [-0.3, -0.25) is 0 Å². The summed E-state index contributed by atoms with van der Waals surface area (Å²) in [6.07, 6.45) is 4.01. The Morgan fingerprint density at radius 2 is 1.50 bits per heavy atom. The van der Waals surface area contributed by atoms with Crippen LogP contribution in [-0.4, -0.2) is 33.5 Å². The Hall–Kier alpha value is -2.98. The minimum atomic E-state index is 0.452. The molecule has 0 saturated heterocycles. The van der Waals surface area contributed by atoms with E-state index < -0.39 is 0 Å². The highest BCUT2D eigenvalue weighted by Gasteiger charge is 2.05. The van der Waals surface area contributed by atoms with Crippen LogP contribution in [0.5, 0.6) is 17.2 Å². The third-order valence-electron chi connectivity index (χ3n) is 4.27. The Balaban J connectivity index is 1.39. The van der Waals surface area contributed by atoms with Crippen LogP contribution < -0.4 is 14.2 Å². The van der Waals surface area contributed by atoms with Crippen molar-refractivity contribution in [3.63, 3.8) is 0 Å². The van der Waals surface area contributed by atoms with Crippen LogP contribution in [-0.2, 0) is 4.74 Å². The van der Waals surface area contributed by atoms with Crippen molar-refractivity contribution < 1.29 is 18.9 Å². The van der Waals surface area contributed by atoms with E-state index in [4.69, 9.17) is 18.9 Å². The molecule has 3 rings (SSSR count). The molecule has 4 heteroatoms. The summed E-state index contributed by atoms with van der Waals surface area (Å²) in [5, 5.41) is 2.28. The standard InChI is InChI=1S/C24H26O4/c1-3-7-19-12-13-23(24(18-19)25-2)28-17-15-26-14-16-27-22-11-6-9-20-8-4-5-10-21(20)22/h3-13,18H,14-17H2,1-2H3. The van der Waals surface area contributed by atoms with Crippen molar-refractivity contribution in [3.8, 4) is 17.2 Å². The van der Waals surface area contributed by atoms with Crippen molar-refractivity contribution in [1.29, 1.82) is 0 Å². The van der Waals surface area contributed by atoms with Gasteiger partial charge in [0.25, 0.3) is 0 Å². The van der Waals surface area contributed by atoms with Gasteiger partial charge in [0.15, 0.2) is 11.5 Å². The molecule has 0 unspecified atom stereocenters. The Bertz CT molecular complexity index is 912. The van der Waals surface area contributed by atoms with Gasteiger partial charge in [-0.2, -0.15) is 0 Å². The summed E-state index contributed by atoms with van der Waals surface area (Å²) in [6.45, 7) is 3.92. The molecule has 0 radical (unpaired) electrons. The monoisotopic (exact) mass is 378 g/mol. The number of allylic oxidation sites excluding steroid dienone is 1. The molecular formula is C24H26O4. The smallest absolute Gasteiger partial charge is 0.161 e. The molecule has 0 aliphatic heterocycles. The molecule has 28 heavy (non-hydrogen) atoms. The quantitative estimate of drug-likeness (QED) is 0.445. The van der Waals surface area contributed by atoms with Crippen molar-refractivity contribution >= 4 is 16.8 Å². The minimum absolute atomic E-state index is 0.452. The van der Waals surface area contributed by atoms with Gasteiger partial charge in [-0.1, -0.05) is 54.6 Å². The van der Waals surface area contributed by atoms with Gasteiger partial charge < -0.3 is 18.9 Å². The number of rotatable bonds is 10. The molecule has 0 spiro atoms. The lowest BCUT2D eigenvalue weighted by molar-refractivity contribution is 0.0761. The van der Waals surface area contributed by atoms with Gasteiger partial charge in [0.1, 0.15) is 19.0 Å². The molecule has 4 nitrogen and oxygen atoms in total. The maximum absolute atomic E-state index is 5.86. The van der Waals surface area contributed by atoms with Gasteiger partial charge >= 0.3 is 0 Å². The summed E-state index contributed by atoms with van der Waals surface area (Å²) in [6, 6.07) is 20.1. The summed E-state index contributed by atoms with van der Waals surface area (Å²) >= 11 is 0. The lowest BCUT2D eigenvalue weighted by Gasteiger charge is -2.12. The average molecular weight is 378 g/mol. The first-order chi connectivity index (χ1) is 13.8. The van der Waals surface area contributed by atoms with E-state index in [9.17, 15) is 0 Å². The molecule has 0 N–H and O–H groups in total. The van der Waals surface area contributed by atoms with Crippen LogP contribution in [0.15, 0.2) is 66.7 Å². The fourth-order valence-corrected chi connectivity index (χ4v) is 2.94. The molecule has 3 aromatic carbocycles. The molecule has 0 fully saturated rings. The van der Waals surface area contributed by atoms with Crippen LogP contribution in [0.3, 0.4) is 0 Å². The Labute approximate surface area is 166 Å². The molecule has 0 bridgehead atoms. The molecule has 0 aliphatic carbocycles. The van der Waals surface area contributed by atoms with E-state index in [2.05, 4.69) is 18.2 Å². The molecule has 0 atom stereocenters. The largest absolute Gasteiger partial charge is 0.493 e. The second-order valence-electron chi connectivity index (χ2n) is 6.20. The topological polar surface area (TPSA) is 36.9 Å². The molecule has 0 heterocycles. The summed E-state index contributed by atoms with van der Waals surface area (Å²) in [7, 11) is 1.64. The van der Waals surface area contributed by atoms with Crippen LogP contribution in [0.25, 0.3) is 16.8 Å².